The van der Waals surface area contributed by atoms with Crippen LogP contribution in [0.1, 0.15) is 23.0 Å². The number of hydrogen-bond acceptors (Lipinski definition) is 6. The van der Waals surface area contributed by atoms with E-state index in [1.807, 2.05) is 54.3 Å². The van der Waals surface area contributed by atoms with Crippen molar-refractivity contribution in [3.05, 3.63) is 65.9 Å². The van der Waals surface area contributed by atoms with Crippen molar-refractivity contribution in [3.63, 3.8) is 0 Å². The highest BCUT2D eigenvalue weighted by molar-refractivity contribution is 5.91. The van der Waals surface area contributed by atoms with Crippen molar-refractivity contribution >= 4 is 11.8 Å². The van der Waals surface area contributed by atoms with Gasteiger partial charge in [0.25, 0.3) is 0 Å². The van der Waals surface area contributed by atoms with Crippen molar-refractivity contribution in [1.82, 2.24) is 19.9 Å². The van der Waals surface area contributed by atoms with Gasteiger partial charge >= 0.3 is 5.97 Å². The summed E-state index contributed by atoms with van der Waals surface area (Å²) in [5.74, 6) is -0.0730. The van der Waals surface area contributed by atoms with Gasteiger partial charge in [-0.1, -0.05) is 42.5 Å². The van der Waals surface area contributed by atoms with Crippen LogP contribution in [0.25, 0.3) is 5.69 Å². The Bertz CT molecular complexity index is 997. The average Bonchev–Trinajstić information content (AvgIpc) is 3.21. The van der Waals surface area contributed by atoms with Gasteiger partial charge in [0.1, 0.15) is 11.4 Å². The highest BCUT2D eigenvalue weighted by Crippen LogP contribution is 2.25. The van der Waals surface area contributed by atoms with Gasteiger partial charge in [0.2, 0.25) is 5.69 Å². The lowest BCUT2D eigenvalue weighted by molar-refractivity contribution is 0.0690. The molecule has 0 bridgehead atoms. The Morgan fingerprint density at radius 3 is 2.40 bits per heavy atom. The molecule has 8 nitrogen and oxygen atoms in total. The molecule has 1 fully saturated rings. The Kier molecular flexibility index (Phi) is 5.94. The molecular formula is C22H25N5O3. The second kappa shape index (κ2) is 8.96. The zero-order valence-corrected chi connectivity index (χ0v) is 16.9. The molecule has 4 rings (SSSR count). The largest absolute Gasteiger partial charge is 0.492 e. The Labute approximate surface area is 175 Å². The van der Waals surface area contributed by atoms with E-state index in [0.717, 1.165) is 19.6 Å². The van der Waals surface area contributed by atoms with Crippen LogP contribution >= 0.6 is 0 Å². The third-order valence-corrected chi connectivity index (χ3v) is 5.10. The topological polar surface area (TPSA) is 83.7 Å². The third kappa shape index (κ3) is 4.28. The first-order valence-electron chi connectivity index (χ1n) is 10.1. The minimum absolute atomic E-state index is 0.0437. The molecule has 1 aromatic heterocycles. The maximum absolute atomic E-state index is 11.8. The normalized spacial score (nSPS) is 14.6. The third-order valence-electron chi connectivity index (χ3n) is 5.10. The van der Waals surface area contributed by atoms with Gasteiger partial charge < -0.3 is 14.7 Å². The Balaban J connectivity index is 1.53. The predicted molar refractivity (Wildman–Crippen MR) is 113 cm³/mol. The number of nitrogens with zero attached hydrogens (tertiary/aromatic N) is 5. The molecule has 0 spiro atoms. The maximum Gasteiger partial charge on any atom is 0.360 e. The number of carboxylic acids is 1. The number of ether oxygens (including phenoxy) is 1. The molecule has 0 aliphatic carbocycles. The molecule has 2 heterocycles. The molecule has 1 aliphatic rings. The lowest BCUT2D eigenvalue weighted by Crippen LogP contribution is -2.46. The number of aromatic nitrogens is 3. The minimum Gasteiger partial charge on any atom is -0.492 e. The summed E-state index contributed by atoms with van der Waals surface area (Å²) in [5, 5.41) is 18.5. The summed E-state index contributed by atoms with van der Waals surface area (Å²) in [7, 11) is 0. The van der Waals surface area contributed by atoms with Crippen molar-refractivity contribution in [2.75, 3.05) is 37.7 Å². The first-order valence-corrected chi connectivity index (χ1v) is 10.1. The van der Waals surface area contributed by atoms with Crippen LogP contribution in [-0.4, -0.2) is 63.8 Å². The van der Waals surface area contributed by atoms with Crippen molar-refractivity contribution in [2.45, 2.75) is 13.5 Å². The molecule has 0 amide bonds. The number of carbonyl (C=O) groups is 1. The molecule has 1 N–H and O–H groups in total. The van der Waals surface area contributed by atoms with Crippen LogP contribution in [0.2, 0.25) is 0 Å². The van der Waals surface area contributed by atoms with Crippen LogP contribution < -0.4 is 9.64 Å². The zero-order valence-electron chi connectivity index (χ0n) is 16.9. The van der Waals surface area contributed by atoms with E-state index in [0.29, 0.717) is 37.0 Å². The maximum atomic E-state index is 11.8. The number of aromatic carboxylic acids is 1. The summed E-state index contributed by atoms with van der Waals surface area (Å²) in [6.07, 6.45) is 0. The lowest BCUT2D eigenvalue weighted by atomic mass is 10.2. The summed E-state index contributed by atoms with van der Waals surface area (Å²) in [6, 6.07) is 17.7. The second-order valence-electron chi connectivity index (χ2n) is 7.12. The number of benzene rings is 2. The first-order chi connectivity index (χ1) is 14.7. The molecule has 156 valence electrons. The minimum atomic E-state index is -1.09. The molecule has 1 aliphatic heterocycles. The van der Waals surface area contributed by atoms with Gasteiger partial charge in [-0.05, 0) is 24.6 Å². The van der Waals surface area contributed by atoms with Crippen LogP contribution in [0.3, 0.4) is 0 Å². The summed E-state index contributed by atoms with van der Waals surface area (Å²) >= 11 is 0. The van der Waals surface area contributed by atoms with E-state index in [9.17, 15) is 9.90 Å². The number of rotatable bonds is 7. The van der Waals surface area contributed by atoms with Gasteiger partial charge in [-0.2, -0.15) is 0 Å². The van der Waals surface area contributed by atoms with E-state index in [4.69, 9.17) is 4.74 Å². The van der Waals surface area contributed by atoms with E-state index < -0.39 is 5.97 Å². The molecular weight excluding hydrogens is 382 g/mol. The fraction of sp³-hybridized carbons (Fsp3) is 0.318. The van der Waals surface area contributed by atoms with Crippen LogP contribution in [0, 0.1) is 0 Å². The molecule has 1 saturated heterocycles. The number of anilines is 1. The highest BCUT2D eigenvalue weighted by Gasteiger charge is 2.27. The van der Waals surface area contributed by atoms with Crippen LogP contribution in [0.5, 0.6) is 5.75 Å². The first kappa shape index (κ1) is 19.9. The van der Waals surface area contributed by atoms with Crippen LogP contribution in [0.4, 0.5) is 5.82 Å². The number of para-hydroxylation sites is 2. The van der Waals surface area contributed by atoms with E-state index in [1.54, 1.807) is 0 Å². The van der Waals surface area contributed by atoms with E-state index in [-0.39, 0.29) is 5.69 Å². The van der Waals surface area contributed by atoms with Gasteiger partial charge in [0.15, 0.2) is 5.82 Å². The molecule has 8 heteroatoms. The highest BCUT2D eigenvalue weighted by atomic mass is 16.5. The Morgan fingerprint density at radius 1 is 1.00 bits per heavy atom. The fourth-order valence-electron chi connectivity index (χ4n) is 3.62. The van der Waals surface area contributed by atoms with Gasteiger partial charge in [0, 0.05) is 32.7 Å². The summed E-state index contributed by atoms with van der Waals surface area (Å²) in [6.45, 7) is 6.33. The second-order valence-corrected chi connectivity index (χ2v) is 7.12. The van der Waals surface area contributed by atoms with Crippen molar-refractivity contribution in [1.29, 1.82) is 0 Å². The van der Waals surface area contributed by atoms with Crippen LogP contribution in [0.15, 0.2) is 54.6 Å². The van der Waals surface area contributed by atoms with Gasteiger partial charge in [-0.25, -0.2) is 4.79 Å². The summed E-state index contributed by atoms with van der Waals surface area (Å²) in [4.78, 5) is 17.6. The smallest absolute Gasteiger partial charge is 0.360 e. The fourth-order valence-corrected chi connectivity index (χ4v) is 3.62. The molecule has 30 heavy (non-hydrogen) atoms. The van der Waals surface area contributed by atoms with E-state index >= 15 is 0 Å². The summed E-state index contributed by atoms with van der Waals surface area (Å²) < 4.78 is 5.65. The molecule has 0 unspecified atom stereocenters. The average molecular weight is 407 g/mol. The Morgan fingerprint density at radius 2 is 1.70 bits per heavy atom. The molecule has 0 radical (unpaired) electrons. The molecule has 0 saturated carbocycles. The molecule has 2 aromatic carbocycles. The molecule has 0 atom stereocenters. The number of piperazine rings is 1. The number of carboxylic acid groups (broad SMARTS) is 1. The van der Waals surface area contributed by atoms with E-state index in [1.165, 1.54) is 10.4 Å². The Hall–Kier alpha value is -3.39. The van der Waals surface area contributed by atoms with E-state index in [2.05, 4.69) is 27.2 Å². The van der Waals surface area contributed by atoms with Gasteiger partial charge in [-0.3, -0.25) is 4.90 Å². The van der Waals surface area contributed by atoms with Crippen molar-refractivity contribution in [3.8, 4) is 11.4 Å². The van der Waals surface area contributed by atoms with Crippen molar-refractivity contribution in [2.24, 2.45) is 0 Å². The van der Waals surface area contributed by atoms with Gasteiger partial charge in [0.05, 0.1) is 6.61 Å². The van der Waals surface area contributed by atoms with Gasteiger partial charge in [-0.15, -0.1) is 15.0 Å². The number of hydrogen-bond donors (Lipinski definition) is 1. The molecule has 3 aromatic rings. The summed E-state index contributed by atoms with van der Waals surface area (Å²) in [5.41, 5.74) is 1.85. The predicted octanol–water partition coefficient (Wildman–Crippen LogP) is 2.69. The quantitative estimate of drug-likeness (QED) is 0.645. The monoisotopic (exact) mass is 407 g/mol. The standard InChI is InChI=1S/C22H25N5O3/c1-2-30-19-11-7-6-10-18(19)27-23-20(22(28)29)21(24-27)26-14-12-25(13-15-26)16-17-8-4-3-5-9-17/h3-11H,2,12-16H2,1H3,(H,28,29). The van der Waals surface area contributed by atoms with Crippen molar-refractivity contribution < 1.29 is 14.6 Å². The SMILES string of the molecule is CCOc1ccccc1-n1nc(C(=O)O)c(N2CCN(Cc3ccccc3)CC2)n1. The zero-order chi connectivity index (χ0) is 20.9. The van der Waals surface area contributed by atoms with Crippen LogP contribution in [-0.2, 0) is 6.54 Å². The lowest BCUT2D eigenvalue weighted by Gasteiger charge is -2.34.